The number of hydrogen-bond acceptors (Lipinski definition) is 6. The van der Waals surface area contributed by atoms with Crippen LogP contribution in [0.3, 0.4) is 0 Å². The Morgan fingerprint density at radius 2 is 1.74 bits per heavy atom. The zero-order chi connectivity index (χ0) is 22.4. The number of methoxy groups -OCH3 is 1. The van der Waals surface area contributed by atoms with Crippen molar-refractivity contribution in [2.24, 2.45) is 0 Å². The van der Waals surface area contributed by atoms with Gasteiger partial charge in [-0.15, -0.1) is 11.3 Å². The number of carbonyl (C=O) groups excluding carboxylic acids is 2. The summed E-state index contributed by atoms with van der Waals surface area (Å²) in [4.78, 5) is 25.5. The van der Waals surface area contributed by atoms with E-state index >= 15 is 0 Å². The summed E-state index contributed by atoms with van der Waals surface area (Å²) in [5.74, 6) is 0.138. The lowest BCUT2D eigenvalue weighted by Crippen LogP contribution is -2.30. The van der Waals surface area contributed by atoms with Crippen molar-refractivity contribution in [2.45, 2.75) is 26.9 Å². The van der Waals surface area contributed by atoms with E-state index < -0.39 is 12.1 Å². The third-order valence-corrected chi connectivity index (χ3v) is 5.51. The van der Waals surface area contributed by atoms with E-state index in [9.17, 15) is 9.59 Å². The number of benzene rings is 2. The van der Waals surface area contributed by atoms with Gasteiger partial charge in [0.05, 0.1) is 13.7 Å². The van der Waals surface area contributed by atoms with E-state index in [1.165, 1.54) is 18.4 Å². The van der Waals surface area contributed by atoms with Crippen molar-refractivity contribution >= 4 is 28.2 Å². The first kappa shape index (κ1) is 22.4. The second kappa shape index (κ2) is 10.1. The number of anilines is 1. The van der Waals surface area contributed by atoms with Crippen molar-refractivity contribution in [3.05, 3.63) is 65.0 Å². The Bertz CT molecular complexity index is 1060. The number of esters is 1. The average molecular weight is 440 g/mol. The van der Waals surface area contributed by atoms with Gasteiger partial charge in [0.25, 0.3) is 5.91 Å². The molecular formula is C24H25NO5S. The highest BCUT2D eigenvalue weighted by molar-refractivity contribution is 7.15. The maximum Gasteiger partial charge on any atom is 0.341 e. The summed E-state index contributed by atoms with van der Waals surface area (Å²) in [6.45, 7) is 5.62. The Morgan fingerprint density at radius 3 is 2.39 bits per heavy atom. The van der Waals surface area contributed by atoms with Crippen molar-refractivity contribution in [3.63, 3.8) is 0 Å². The number of rotatable bonds is 8. The number of nitrogens with one attached hydrogen (secondary N) is 1. The summed E-state index contributed by atoms with van der Waals surface area (Å²) < 4.78 is 16.3. The Balaban J connectivity index is 1.85. The Morgan fingerprint density at radius 1 is 1.06 bits per heavy atom. The van der Waals surface area contributed by atoms with Gasteiger partial charge in [0.1, 0.15) is 10.6 Å². The normalized spacial score (nSPS) is 11.5. The Hall–Kier alpha value is -3.32. The zero-order valence-electron chi connectivity index (χ0n) is 17.9. The number of aryl methyl sites for hydroxylation is 1. The maximum atomic E-state index is 12.8. The van der Waals surface area contributed by atoms with Crippen LogP contribution in [0.1, 0.15) is 29.8 Å². The molecule has 2 aromatic carbocycles. The second-order valence-electron chi connectivity index (χ2n) is 6.84. The van der Waals surface area contributed by atoms with Crippen LogP contribution in [0.25, 0.3) is 11.1 Å². The predicted octanol–water partition coefficient (Wildman–Crippen LogP) is 5.31. The first-order valence-electron chi connectivity index (χ1n) is 9.90. The SMILES string of the molecule is CCOC(=O)c1c(-c2ccc(C)cc2)csc1NC(=O)C(C)Oc1ccccc1OC. The largest absolute Gasteiger partial charge is 0.493 e. The third-order valence-electron chi connectivity index (χ3n) is 4.61. The third kappa shape index (κ3) is 5.24. The molecule has 3 aromatic rings. The number of para-hydroxylation sites is 2. The van der Waals surface area contributed by atoms with Gasteiger partial charge in [0.15, 0.2) is 17.6 Å². The summed E-state index contributed by atoms with van der Waals surface area (Å²) in [5, 5.41) is 5.09. The van der Waals surface area contributed by atoms with Crippen LogP contribution in [-0.2, 0) is 9.53 Å². The smallest absolute Gasteiger partial charge is 0.341 e. The highest BCUT2D eigenvalue weighted by Crippen LogP contribution is 2.36. The predicted molar refractivity (Wildman–Crippen MR) is 122 cm³/mol. The number of amides is 1. The molecule has 1 atom stereocenters. The van der Waals surface area contributed by atoms with Crippen LogP contribution in [0.4, 0.5) is 5.00 Å². The van der Waals surface area contributed by atoms with Gasteiger partial charge in [0, 0.05) is 10.9 Å². The minimum Gasteiger partial charge on any atom is -0.493 e. The summed E-state index contributed by atoms with van der Waals surface area (Å²) in [5.41, 5.74) is 3.06. The molecule has 1 N–H and O–H groups in total. The van der Waals surface area contributed by atoms with Crippen molar-refractivity contribution in [1.29, 1.82) is 0 Å². The number of thiophene rings is 1. The molecule has 31 heavy (non-hydrogen) atoms. The average Bonchev–Trinajstić information content (AvgIpc) is 3.18. The molecule has 1 heterocycles. The van der Waals surface area contributed by atoms with Gasteiger partial charge in [-0.25, -0.2) is 4.79 Å². The molecule has 0 spiro atoms. The molecule has 162 valence electrons. The minimum absolute atomic E-state index is 0.239. The topological polar surface area (TPSA) is 73.9 Å². The van der Waals surface area contributed by atoms with Crippen LogP contribution in [0.2, 0.25) is 0 Å². The van der Waals surface area contributed by atoms with Crippen LogP contribution in [-0.4, -0.2) is 31.7 Å². The van der Waals surface area contributed by atoms with Gasteiger partial charge in [0.2, 0.25) is 0 Å². The van der Waals surface area contributed by atoms with E-state index in [1.807, 2.05) is 42.6 Å². The molecule has 0 fully saturated rings. The lowest BCUT2D eigenvalue weighted by atomic mass is 10.0. The van der Waals surface area contributed by atoms with E-state index in [0.29, 0.717) is 22.1 Å². The monoisotopic (exact) mass is 439 g/mol. The fourth-order valence-electron chi connectivity index (χ4n) is 2.98. The van der Waals surface area contributed by atoms with Gasteiger partial charge < -0.3 is 19.5 Å². The molecule has 3 rings (SSSR count). The lowest BCUT2D eigenvalue weighted by molar-refractivity contribution is -0.122. The fraction of sp³-hybridized carbons (Fsp3) is 0.250. The Labute approximate surface area is 185 Å². The molecule has 1 aromatic heterocycles. The molecule has 6 nitrogen and oxygen atoms in total. The molecular weight excluding hydrogens is 414 g/mol. The molecule has 1 unspecified atom stereocenters. The second-order valence-corrected chi connectivity index (χ2v) is 7.72. The molecule has 0 aliphatic rings. The van der Waals surface area contributed by atoms with E-state index in [1.54, 1.807) is 32.0 Å². The van der Waals surface area contributed by atoms with Crippen molar-refractivity contribution in [1.82, 2.24) is 0 Å². The van der Waals surface area contributed by atoms with Crippen molar-refractivity contribution in [2.75, 3.05) is 19.0 Å². The summed E-state index contributed by atoms with van der Waals surface area (Å²) in [6, 6.07) is 14.9. The van der Waals surface area contributed by atoms with Gasteiger partial charge >= 0.3 is 5.97 Å². The molecule has 0 saturated heterocycles. The molecule has 0 aliphatic carbocycles. The highest BCUT2D eigenvalue weighted by Gasteiger charge is 2.25. The van der Waals surface area contributed by atoms with Gasteiger partial charge in [-0.1, -0.05) is 42.0 Å². The number of hydrogen-bond donors (Lipinski definition) is 1. The van der Waals surface area contributed by atoms with E-state index in [4.69, 9.17) is 14.2 Å². The number of carbonyl (C=O) groups is 2. The summed E-state index contributed by atoms with van der Waals surface area (Å²) >= 11 is 1.28. The molecule has 0 aliphatic heterocycles. The molecule has 0 bridgehead atoms. The number of ether oxygens (including phenoxy) is 3. The molecule has 1 amide bonds. The van der Waals surface area contributed by atoms with Crippen LogP contribution >= 0.6 is 11.3 Å². The summed E-state index contributed by atoms with van der Waals surface area (Å²) in [6.07, 6.45) is -0.809. The lowest BCUT2D eigenvalue weighted by Gasteiger charge is -2.16. The maximum absolute atomic E-state index is 12.8. The quantitative estimate of drug-likeness (QED) is 0.481. The highest BCUT2D eigenvalue weighted by atomic mass is 32.1. The van der Waals surface area contributed by atoms with E-state index in [0.717, 1.165) is 16.7 Å². The van der Waals surface area contributed by atoms with E-state index in [-0.39, 0.29) is 12.5 Å². The molecule has 7 heteroatoms. The van der Waals surface area contributed by atoms with Crippen LogP contribution in [0.15, 0.2) is 53.9 Å². The van der Waals surface area contributed by atoms with Crippen molar-refractivity contribution < 1.29 is 23.8 Å². The van der Waals surface area contributed by atoms with Crippen LogP contribution in [0, 0.1) is 6.92 Å². The van der Waals surface area contributed by atoms with Gasteiger partial charge in [-0.2, -0.15) is 0 Å². The zero-order valence-corrected chi connectivity index (χ0v) is 18.7. The Kier molecular flexibility index (Phi) is 7.31. The van der Waals surface area contributed by atoms with Crippen LogP contribution < -0.4 is 14.8 Å². The summed E-state index contributed by atoms with van der Waals surface area (Å²) in [7, 11) is 1.54. The standard InChI is InChI=1S/C24H25NO5S/c1-5-29-24(27)21-18(17-12-10-15(2)11-13-17)14-31-23(21)25-22(26)16(3)30-20-9-7-6-8-19(20)28-4/h6-14,16H,5H2,1-4H3,(H,25,26). The molecule has 0 radical (unpaired) electrons. The van der Waals surface area contributed by atoms with Crippen molar-refractivity contribution in [3.8, 4) is 22.6 Å². The molecule has 0 saturated carbocycles. The fourth-order valence-corrected chi connectivity index (χ4v) is 3.94. The first-order chi connectivity index (χ1) is 14.9. The minimum atomic E-state index is -0.809. The van der Waals surface area contributed by atoms with Gasteiger partial charge in [-0.3, -0.25) is 4.79 Å². The van der Waals surface area contributed by atoms with Gasteiger partial charge in [-0.05, 0) is 38.5 Å². The van der Waals surface area contributed by atoms with Crippen LogP contribution in [0.5, 0.6) is 11.5 Å². The first-order valence-corrected chi connectivity index (χ1v) is 10.8. The van der Waals surface area contributed by atoms with E-state index in [2.05, 4.69) is 5.32 Å².